The Hall–Kier alpha value is -0.780. The molecular formula is C12H18. The Morgan fingerprint density at radius 1 is 1.58 bits per heavy atom. The lowest BCUT2D eigenvalue weighted by Gasteiger charge is -2.33. The maximum Gasteiger partial charge on any atom is -0.0109 e. The topological polar surface area (TPSA) is 0 Å². The summed E-state index contributed by atoms with van der Waals surface area (Å²) in [7, 11) is 0. The Morgan fingerprint density at radius 3 is 2.83 bits per heavy atom. The highest BCUT2D eigenvalue weighted by Crippen LogP contribution is 2.37. The van der Waals surface area contributed by atoms with Crippen molar-refractivity contribution in [1.82, 2.24) is 0 Å². The minimum absolute atomic E-state index is 0.313. The molecular weight excluding hydrogens is 144 g/mol. The number of rotatable bonds is 2. The normalized spacial score (nSPS) is 26.6. The summed E-state index contributed by atoms with van der Waals surface area (Å²) in [6.45, 7) is 10.6. The van der Waals surface area contributed by atoms with Gasteiger partial charge >= 0.3 is 0 Å². The SMILES string of the molecule is C=CCC1=CC=CC(C)(C)C1C. The third kappa shape index (κ3) is 1.69. The highest BCUT2D eigenvalue weighted by molar-refractivity contribution is 5.26. The van der Waals surface area contributed by atoms with Gasteiger partial charge in [0.2, 0.25) is 0 Å². The standard InChI is InChI=1S/C12H18/c1-5-7-11-8-6-9-12(3,4)10(11)2/h5-6,8-10H,1,7H2,2-4H3. The third-order valence-electron chi connectivity index (χ3n) is 2.89. The van der Waals surface area contributed by atoms with Gasteiger partial charge in [0.05, 0.1) is 0 Å². The summed E-state index contributed by atoms with van der Waals surface area (Å²) < 4.78 is 0. The zero-order chi connectivity index (χ0) is 9.19. The Kier molecular flexibility index (Phi) is 2.56. The van der Waals surface area contributed by atoms with E-state index < -0.39 is 0 Å². The summed E-state index contributed by atoms with van der Waals surface area (Å²) in [5.74, 6) is 0.639. The van der Waals surface area contributed by atoms with Crippen molar-refractivity contribution in [3.63, 3.8) is 0 Å². The van der Waals surface area contributed by atoms with Crippen LogP contribution in [0, 0.1) is 11.3 Å². The summed E-state index contributed by atoms with van der Waals surface area (Å²) in [4.78, 5) is 0. The van der Waals surface area contributed by atoms with E-state index in [4.69, 9.17) is 0 Å². The minimum Gasteiger partial charge on any atom is -0.103 e. The molecule has 0 nitrogen and oxygen atoms in total. The van der Waals surface area contributed by atoms with E-state index in [1.807, 2.05) is 6.08 Å². The molecule has 0 N–H and O–H groups in total. The van der Waals surface area contributed by atoms with Crippen molar-refractivity contribution in [3.05, 3.63) is 36.5 Å². The van der Waals surface area contributed by atoms with E-state index in [1.54, 1.807) is 0 Å². The highest BCUT2D eigenvalue weighted by atomic mass is 14.3. The second-order valence-corrected chi connectivity index (χ2v) is 4.14. The van der Waals surface area contributed by atoms with Gasteiger partial charge in [0.25, 0.3) is 0 Å². The maximum atomic E-state index is 3.77. The molecule has 0 saturated heterocycles. The molecule has 0 amide bonds. The van der Waals surface area contributed by atoms with Crippen molar-refractivity contribution in [2.75, 3.05) is 0 Å². The summed E-state index contributed by atoms with van der Waals surface area (Å²) >= 11 is 0. The van der Waals surface area contributed by atoms with Crippen LogP contribution in [0.5, 0.6) is 0 Å². The first-order valence-electron chi connectivity index (χ1n) is 4.57. The van der Waals surface area contributed by atoms with Gasteiger partial charge in [-0.25, -0.2) is 0 Å². The molecule has 0 heteroatoms. The summed E-state index contributed by atoms with van der Waals surface area (Å²) in [5.41, 5.74) is 1.81. The molecule has 12 heavy (non-hydrogen) atoms. The number of hydrogen-bond donors (Lipinski definition) is 0. The summed E-state index contributed by atoms with van der Waals surface area (Å²) in [6, 6.07) is 0. The lowest BCUT2D eigenvalue weighted by molar-refractivity contribution is 0.343. The van der Waals surface area contributed by atoms with Gasteiger partial charge in [-0.2, -0.15) is 0 Å². The fourth-order valence-corrected chi connectivity index (χ4v) is 1.60. The van der Waals surface area contributed by atoms with Crippen LogP contribution in [0.15, 0.2) is 36.5 Å². The van der Waals surface area contributed by atoms with Gasteiger partial charge in [0.15, 0.2) is 0 Å². The van der Waals surface area contributed by atoms with Gasteiger partial charge in [0.1, 0.15) is 0 Å². The van der Waals surface area contributed by atoms with Gasteiger partial charge in [-0.05, 0) is 17.8 Å². The molecule has 0 aromatic rings. The van der Waals surface area contributed by atoms with Gasteiger partial charge < -0.3 is 0 Å². The van der Waals surface area contributed by atoms with Gasteiger partial charge in [-0.3, -0.25) is 0 Å². The smallest absolute Gasteiger partial charge is 0.0109 e. The van der Waals surface area contributed by atoms with E-state index in [2.05, 4.69) is 45.6 Å². The molecule has 0 bridgehead atoms. The Balaban J connectivity index is 2.83. The Labute approximate surface area is 75.7 Å². The molecule has 0 fully saturated rings. The molecule has 0 aromatic heterocycles. The average Bonchev–Trinajstić information content (AvgIpc) is 1.99. The van der Waals surface area contributed by atoms with Crippen LogP contribution in [-0.4, -0.2) is 0 Å². The fraction of sp³-hybridized carbons (Fsp3) is 0.500. The van der Waals surface area contributed by atoms with Crippen LogP contribution in [0.3, 0.4) is 0 Å². The van der Waals surface area contributed by atoms with E-state index in [0.29, 0.717) is 11.3 Å². The fourth-order valence-electron chi connectivity index (χ4n) is 1.60. The van der Waals surface area contributed by atoms with Crippen molar-refractivity contribution in [2.24, 2.45) is 11.3 Å². The minimum atomic E-state index is 0.313. The van der Waals surface area contributed by atoms with Crippen molar-refractivity contribution in [1.29, 1.82) is 0 Å². The van der Waals surface area contributed by atoms with Crippen LogP contribution in [0.25, 0.3) is 0 Å². The monoisotopic (exact) mass is 162 g/mol. The second kappa shape index (κ2) is 3.30. The molecule has 1 atom stereocenters. The van der Waals surface area contributed by atoms with Crippen molar-refractivity contribution in [3.8, 4) is 0 Å². The van der Waals surface area contributed by atoms with Gasteiger partial charge in [-0.1, -0.05) is 50.6 Å². The predicted molar refractivity (Wildman–Crippen MR) is 55.0 cm³/mol. The molecule has 0 radical (unpaired) electrons. The lowest BCUT2D eigenvalue weighted by atomic mass is 9.72. The van der Waals surface area contributed by atoms with Crippen LogP contribution < -0.4 is 0 Å². The van der Waals surface area contributed by atoms with Crippen LogP contribution in [0.2, 0.25) is 0 Å². The number of allylic oxidation sites excluding steroid dienone is 5. The molecule has 0 aromatic carbocycles. The first-order valence-corrected chi connectivity index (χ1v) is 4.57. The lowest BCUT2D eigenvalue weighted by Crippen LogP contribution is -2.22. The van der Waals surface area contributed by atoms with Crippen molar-refractivity contribution >= 4 is 0 Å². The van der Waals surface area contributed by atoms with E-state index in [0.717, 1.165) is 6.42 Å². The van der Waals surface area contributed by atoms with E-state index in [-0.39, 0.29) is 0 Å². The molecule has 0 aliphatic heterocycles. The number of hydrogen-bond acceptors (Lipinski definition) is 0. The first kappa shape index (κ1) is 9.31. The molecule has 1 rings (SSSR count). The second-order valence-electron chi connectivity index (χ2n) is 4.14. The average molecular weight is 162 g/mol. The third-order valence-corrected chi connectivity index (χ3v) is 2.89. The van der Waals surface area contributed by atoms with Crippen LogP contribution in [0.1, 0.15) is 27.2 Å². The maximum absolute atomic E-state index is 3.77. The molecule has 1 aliphatic rings. The quantitative estimate of drug-likeness (QED) is 0.543. The van der Waals surface area contributed by atoms with Crippen LogP contribution in [0.4, 0.5) is 0 Å². The van der Waals surface area contributed by atoms with Crippen molar-refractivity contribution in [2.45, 2.75) is 27.2 Å². The Bertz CT molecular complexity index is 228. The molecule has 0 saturated carbocycles. The van der Waals surface area contributed by atoms with Crippen LogP contribution in [-0.2, 0) is 0 Å². The van der Waals surface area contributed by atoms with E-state index in [1.165, 1.54) is 5.57 Å². The van der Waals surface area contributed by atoms with Gasteiger partial charge in [0, 0.05) is 0 Å². The molecule has 1 aliphatic carbocycles. The summed E-state index contributed by atoms with van der Waals surface area (Å²) in [5, 5.41) is 0. The van der Waals surface area contributed by atoms with E-state index >= 15 is 0 Å². The zero-order valence-corrected chi connectivity index (χ0v) is 8.30. The molecule has 0 heterocycles. The first-order chi connectivity index (χ1) is 5.58. The Morgan fingerprint density at radius 2 is 2.25 bits per heavy atom. The molecule has 0 spiro atoms. The van der Waals surface area contributed by atoms with Crippen molar-refractivity contribution < 1.29 is 0 Å². The van der Waals surface area contributed by atoms with Crippen LogP contribution >= 0.6 is 0 Å². The highest BCUT2D eigenvalue weighted by Gasteiger charge is 2.26. The predicted octanol–water partition coefficient (Wildman–Crippen LogP) is 3.72. The van der Waals surface area contributed by atoms with Gasteiger partial charge in [-0.15, -0.1) is 6.58 Å². The largest absolute Gasteiger partial charge is 0.103 e. The summed E-state index contributed by atoms with van der Waals surface area (Å²) in [6.07, 6.45) is 9.67. The van der Waals surface area contributed by atoms with E-state index in [9.17, 15) is 0 Å². The molecule has 66 valence electrons. The molecule has 1 unspecified atom stereocenters. The zero-order valence-electron chi connectivity index (χ0n) is 8.30.